The highest BCUT2D eigenvalue weighted by atomic mass is 16.7. The minimum Gasteiger partial charge on any atom is -0.454 e. The highest BCUT2D eigenvalue weighted by molar-refractivity contribution is 5.46. The third-order valence-corrected chi connectivity index (χ3v) is 3.72. The maximum atomic E-state index is 5.41. The minimum absolute atomic E-state index is 0.330. The predicted molar refractivity (Wildman–Crippen MR) is 81.9 cm³/mol. The van der Waals surface area contributed by atoms with E-state index in [0.717, 1.165) is 35.7 Å². The molecule has 2 aromatic rings. The molecule has 5 nitrogen and oxygen atoms in total. The van der Waals surface area contributed by atoms with Crippen LogP contribution in [-0.2, 0) is 13.5 Å². The van der Waals surface area contributed by atoms with Crippen molar-refractivity contribution in [1.82, 2.24) is 9.78 Å². The van der Waals surface area contributed by atoms with Crippen LogP contribution in [0.2, 0.25) is 0 Å². The fourth-order valence-corrected chi connectivity index (χ4v) is 2.56. The van der Waals surface area contributed by atoms with Crippen LogP contribution < -0.4 is 14.8 Å². The molecule has 1 aromatic heterocycles. The molecule has 0 saturated heterocycles. The second-order valence-electron chi connectivity index (χ2n) is 5.57. The lowest BCUT2D eigenvalue weighted by Crippen LogP contribution is -2.16. The largest absolute Gasteiger partial charge is 0.454 e. The molecule has 2 heterocycles. The average molecular weight is 287 g/mol. The summed E-state index contributed by atoms with van der Waals surface area (Å²) in [5.74, 6) is 1.70. The summed E-state index contributed by atoms with van der Waals surface area (Å²) < 4.78 is 12.6. The van der Waals surface area contributed by atoms with Crippen LogP contribution in [0.1, 0.15) is 24.6 Å². The standard InChI is InChI=1S/C16H21N3O2/c1-11(17-14-9-19(3)18-12(14)2)4-5-13-6-7-15-16(8-13)21-10-20-15/h6-9,11,17H,4-5,10H2,1-3H3. The van der Waals surface area contributed by atoms with Crippen LogP contribution in [-0.4, -0.2) is 22.6 Å². The molecule has 1 N–H and O–H groups in total. The normalized spacial score (nSPS) is 14.2. The number of aromatic nitrogens is 2. The van der Waals surface area contributed by atoms with Gasteiger partial charge in [0.1, 0.15) is 0 Å². The number of aryl methyl sites for hydroxylation is 3. The van der Waals surface area contributed by atoms with Gasteiger partial charge >= 0.3 is 0 Å². The Hall–Kier alpha value is -2.17. The summed E-state index contributed by atoms with van der Waals surface area (Å²) in [6.45, 7) is 4.54. The summed E-state index contributed by atoms with van der Waals surface area (Å²) in [6, 6.07) is 6.55. The lowest BCUT2D eigenvalue weighted by molar-refractivity contribution is 0.174. The maximum absolute atomic E-state index is 5.41. The number of nitrogens with zero attached hydrogens (tertiary/aromatic N) is 2. The van der Waals surface area contributed by atoms with Gasteiger partial charge in [0.05, 0.1) is 11.4 Å². The molecule has 0 spiro atoms. The fourth-order valence-electron chi connectivity index (χ4n) is 2.56. The van der Waals surface area contributed by atoms with Crippen molar-refractivity contribution >= 4 is 5.69 Å². The zero-order chi connectivity index (χ0) is 14.8. The van der Waals surface area contributed by atoms with Gasteiger partial charge in [-0.25, -0.2) is 0 Å². The molecule has 1 aromatic carbocycles. The van der Waals surface area contributed by atoms with Crippen LogP contribution in [0, 0.1) is 6.92 Å². The van der Waals surface area contributed by atoms with Gasteiger partial charge in [-0.05, 0) is 44.4 Å². The highest BCUT2D eigenvalue weighted by Gasteiger charge is 2.14. The van der Waals surface area contributed by atoms with Gasteiger partial charge in [0.2, 0.25) is 6.79 Å². The minimum atomic E-state index is 0.330. The van der Waals surface area contributed by atoms with Crippen molar-refractivity contribution in [3.63, 3.8) is 0 Å². The third-order valence-electron chi connectivity index (χ3n) is 3.72. The number of hydrogen-bond acceptors (Lipinski definition) is 4. The maximum Gasteiger partial charge on any atom is 0.231 e. The predicted octanol–water partition coefficient (Wildman–Crippen LogP) is 2.89. The first-order valence-electron chi connectivity index (χ1n) is 7.27. The smallest absolute Gasteiger partial charge is 0.231 e. The Balaban J connectivity index is 1.56. The van der Waals surface area contributed by atoms with Crippen LogP contribution in [0.25, 0.3) is 0 Å². The van der Waals surface area contributed by atoms with Crippen LogP contribution in [0.3, 0.4) is 0 Å². The molecule has 0 amide bonds. The van der Waals surface area contributed by atoms with Crippen molar-refractivity contribution in [3.8, 4) is 11.5 Å². The Bertz CT molecular complexity index is 636. The highest BCUT2D eigenvalue weighted by Crippen LogP contribution is 2.32. The number of nitrogens with one attached hydrogen (secondary N) is 1. The number of anilines is 1. The van der Waals surface area contributed by atoms with Crippen molar-refractivity contribution in [2.24, 2.45) is 7.05 Å². The summed E-state index contributed by atoms with van der Waals surface area (Å²) in [6.07, 6.45) is 4.07. The molecule has 0 aliphatic carbocycles. The van der Waals surface area contributed by atoms with E-state index in [0.29, 0.717) is 12.8 Å². The van der Waals surface area contributed by atoms with Gasteiger partial charge in [-0.3, -0.25) is 4.68 Å². The fraction of sp³-hybridized carbons (Fsp3) is 0.438. The lowest BCUT2D eigenvalue weighted by atomic mass is 10.1. The van der Waals surface area contributed by atoms with E-state index in [-0.39, 0.29) is 0 Å². The first kappa shape index (κ1) is 13.8. The Labute approximate surface area is 124 Å². The number of ether oxygens (including phenoxy) is 2. The number of benzene rings is 1. The first-order valence-corrected chi connectivity index (χ1v) is 7.27. The molecule has 0 fully saturated rings. The number of rotatable bonds is 5. The second-order valence-corrected chi connectivity index (χ2v) is 5.57. The van der Waals surface area contributed by atoms with Crippen molar-refractivity contribution in [1.29, 1.82) is 0 Å². The quantitative estimate of drug-likeness (QED) is 0.918. The molecule has 3 rings (SSSR count). The molecule has 1 aliphatic heterocycles. The van der Waals surface area contributed by atoms with Gasteiger partial charge < -0.3 is 14.8 Å². The van der Waals surface area contributed by atoms with E-state index in [1.165, 1.54) is 5.56 Å². The first-order chi connectivity index (χ1) is 10.1. The molecule has 1 aliphatic rings. The Kier molecular flexibility index (Phi) is 3.73. The molecule has 5 heteroatoms. The van der Waals surface area contributed by atoms with Crippen LogP contribution in [0.4, 0.5) is 5.69 Å². The molecule has 0 saturated carbocycles. The van der Waals surface area contributed by atoms with Crippen molar-refractivity contribution < 1.29 is 9.47 Å². The third kappa shape index (κ3) is 3.12. The summed E-state index contributed by atoms with van der Waals surface area (Å²) >= 11 is 0. The molecule has 1 unspecified atom stereocenters. The topological polar surface area (TPSA) is 48.3 Å². The van der Waals surface area contributed by atoms with Crippen molar-refractivity contribution in [2.75, 3.05) is 12.1 Å². The van der Waals surface area contributed by atoms with Gasteiger partial charge in [-0.2, -0.15) is 5.10 Å². The van der Waals surface area contributed by atoms with E-state index >= 15 is 0 Å². The van der Waals surface area contributed by atoms with E-state index in [1.54, 1.807) is 0 Å². The van der Waals surface area contributed by atoms with Crippen molar-refractivity contribution in [2.45, 2.75) is 32.7 Å². The van der Waals surface area contributed by atoms with E-state index in [9.17, 15) is 0 Å². The van der Waals surface area contributed by atoms with E-state index in [1.807, 2.05) is 30.9 Å². The van der Waals surface area contributed by atoms with Crippen LogP contribution in [0.5, 0.6) is 11.5 Å². The van der Waals surface area contributed by atoms with Gasteiger partial charge in [0.25, 0.3) is 0 Å². The Morgan fingerprint density at radius 3 is 2.90 bits per heavy atom. The SMILES string of the molecule is Cc1nn(C)cc1NC(C)CCc1ccc2c(c1)OCO2. The lowest BCUT2D eigenvalue weighted by Gasteiger charge is -2.14. The molecule has 0 bridgehead atoms. The Morgan fingerprint density at radius 1 is 1.33 bits per heavy atom. The zero-order valence-corrected chi connectivity index (χ0v) is 12.7. The van der Waals surface area contributed by atoms with E-state index in [4.69, 9.17) is 9.47 Å². The molecule has 1 atom stereocenters. The summed E-state index contributed by atoms with van der Waals surface area (Å²) in [7, 11) is 1.94. The molecule has 21 heavy (non-hydrogen) atoms. The summed E-state index contributed by atoms with van der Waals surface area (Å²) in [4.78, 5) is 0. The monoisotopic (exact) mass is 287 g/mol. The van der Waals surface area contributed by atoms with Crippen molar-refractivity contribution in [3.05, 3.63) is 35.7 Å². The second kappa shape index (κ2) is 5.68. The zero-order valence-electron chi connectivity index (χ0n) is 12.7. The van der Waals surface area contributed by atoms with Gasteiger partial charge in [0, 0.05) is 19.3 Å². The van der Waals surface area contributed by atoms with Gasteiger partial charge in [-0.15, -0.1) is 0 Å². The molecular formula is C16H21N3O2. The van der Waals surface area contributed by atoms with E-state index < -0.39 is 0 Å². The average Bonchev–Trinajstić information content (AvgIpc) is 3.02. The molecular weight excluding hydrogens is 266 g/mol. The summed E-state index contributed by atoms with van der Waals surface area (Å²) in [5.41, 5.74) is 3.42. The Morgan fingerprint density at radius 2 is 2.14 bits per heavy atom. The number of fused-ring (bicyclic) bond motifs is 1. The van der Waals surface area contributed by atoms with Crippen LogP contribution in [0.15, 0.2) is 24.4 Å². The number of hydrogen-bond donors (Lipinski definition) is 1. The molecule has 0 radical (unpaired) electrons. The van der Waals surface area contributed by atoms with Gasteiger partial charge in [0.15, 0.2) is 11.5 Å². The van der Waals surface area contributed by atoms with Crippen LogP contribution >= 0.6 is 0 Å². The summed E-state index contributed by atoms with van der Waals surface area (Å²) in [5, 5.41) is 7.86. The van der Waals surface area contributed by atoms with E-state index in [2.05, 4.69) is 29.5 Å². The van der Waals surface area contributed by atoms with Gasteiger partial charge in [-0.1, -0.05) is 6.07 Å². The molecule has 112 valence electrons.